The van der Waals surface area contributed by atoms with Gasteiger partial charge in [0.2, 0.25) is 0 Å². The molecule has 5 nitrogen and oxygen atoms in total. The zero-order valence-corrected chi connectivity index (χ0v) is 19.0. The fourth-order valence-corrected chi connectivity index (χ4v) is 3.75. The summed E-state index contributed by atoms with van der Waals surface area (Å²) in [7, 11) is 0. The summed E-state index contributed by atoms with van der Waals surface area (Å²) < 4.78 is 7.32. The maximum absolute atomic E-state index is 9.95. The SMILES string of the molecule is CCCCCCCCCCCCCCCCCCOCC(O)Cn1ccnc1N. The largest absolute Gasteiger partial charge is 0.389 e. The Kier molecular flexibility index (Phi) is 16.9. The molecule has 0 saturated heterocycles. The van der Waals surface area contributed by atoms with Crippen molar-refractivity contribution in [3.05, 3.63) is 12.4 Å². The average molecular weight is 410 g/mol. The molecule has 0 amide bonds. The van der Waals surface area contributed by atoms with Gasteiger partial charge in [0.25, 0.3) is 0 Å². The van der Waals surface area contributed by atoms with Crippen LogP contribution in [0.4, 0.5) is 5.95 Å². The number of rotatable bonds is 21. The minimum Gasteiger partial charge on any atom is -0.389 e. The summed E-state index contributed by atoms with van der Waals surface area (Å²) >= 11 is 0. The van der Waals surface area contributed by atoms with E-state index in [1.54, 1.807) is 17.0 Å². The summed E-state index contributed by atoms with van der Waals surface area (Å²) in [6.45, 7) is 3.81. The number of hydrogen-bond donors (Lipinski definition) is 2. The molecule has 1 atom stereocenters. The Balaban J connectivity index is 1.73. The van der Waals surface area contributed by atoms with Crippen LogP contribution < -0.4 is 5.73 Å². The third-order valence-corrected chi connectivity index (χ3v) is 5.61. The average Bonchev–Trinajstić information content (AvgIpc) is 3.11. The maximum Gasteiger partial charge on any atom is 0.200 e. The molecular weight excluding hydrogens is 362 g/mol. The lowest BCUT2D eigenvalue weighted by molar-refractivity contribution is 0.0269. The Morgan fingerprint density at radius 3 is 1.79 bits per heavy atom. The highest BCUT2D eigenvalue weighted by molar-refractivity contribution is 5.16. The molecule has 1 unspecified atom stereocenters. The van der Waals surface area contributed by atoms with Crippen molar-refractivity contribution in [3.63, 3.8) is 0 Å². The van der Waals surface area contributed by atoms with Crippen LogP contribution in [0.3, 0.4) is 0 Å². The number of anilines is 1. The van der Waals surface area contributed by atoms with Crippen molar-refractivity contribution >= 4 is 5.95 Å². The van der Waals surface area contributed by atoms with Crippen LogP contribution in [0.25, 0.3) is 0 Å². The summed E-state index contributed by atoms with van der Waals surface area (Å²) in [5.41, 5.74) is 5.69. The molecule has 1 aromatic heterocycles. The Bertz CT molecular complexity index is 465. The van der Waals surface area contributed by atoms with Gasteiger partial charge < -0.3 is 20.1 Å². The molecule has 1 aromatic rings. The molecule has 5 heteroatoms. The first-order valence-electron chi connectivity index (χ1n) is 12.3. The highest BCUT2D eigenvalue weighted by Gasteiger charge is 2.07. The van der Waals surface area contributed by atoms with Gasteiger partial charge in [0.1, 0.15) is 0 Å². The molecule has 170 valence electrons. The lowest BCUT2D eigenvalue weighted by Gasteiger charge is -2.12. The zero-order chi connectivity index (χ0) is 21.0. The Hall–Kier alpha value is -1.07. The molecule has 0 bridgehead atoms. The Morgan fingerprint density at radius 1 is 0.862 bits per heavy atom. The van der Waals surface area contributed by atoms with Crippen molar-refractivity contribution in [2.45, 2.75) is 122 Å². The minimum atomic E-state index is -0.535. The zero-order valence-electron chi connectivity index (χ0n) is 19.0. The number of hydrogen-bond acceptors (Lipinski definition) is 4. The van der Waals surface area contributed by atoms with Crippen LogP contribution in [0.5, 0.6) is 0 Å². The molecule has 0 spiro atoms. The van der Waals surface area contributed by atoms with Crippen molar-refractivity contribution in [2.24, 2.45) is 0 Å². The van der Waals surface area contributed by atoms with Gasteiger partial charge in [0, 0.05) is 19.0 Å². The van der Waals surface area contributed by atoms with Gasteiger partial charge >= 0.3 is 0 Å². The summed E-state index contributed by atoms with van der Waals surface area (Å²) in [5, 5.41) is 9.95. The van der Waals surface area contributed by atoms with Crippen LogP contribution >= 0.6 is 0 Å². The first-order valence-corrected chi connectivity index (χ1v) is 12.3. The molecule has 0 saturated carbocycles. The summed E-state index contributed by atoms with van der Waals surface area (Å²) in [5.74, 6) is 0.432. The standard InChI is InChI=1S/C24H47N3O2/c1-2-3-4-5-6-7-8-9-10-11-12-13-14-15-16-17-20-29-22-23(28)21-27-19-18-26-24(27)25/h18-19,23,28H,2-17,20-22H2,1H3,(H2,25,26). The van der Waals surface area contributed by atoms with Gasteiger partial charge in [-0.2, -0.15) is 0 Å². The lowest BCUT2D eigenvalue weighted by atomic mass is 10.0. The normalized spacial score (nSPS) is 12.5. The highest BCUT2D eigenvalue weighted by Crippen LogP contribution is 2.13. The van der Waals surface area contributed by atoms with E-state index in [9.17, 15) is 5.11 Å². The molecule has 1 heterocycles. The number of nitrogen functional groups attached to an aromatic ring is 1. The smallest absolute Gasteiger partial charge is 0.200 e. The number of aromatic nitrogens is 2. The van der Waals surface area contributed by atoms with E-state index in [0.717, 1.165) is 13.0 Å². The monoisotopic (exact) mass is 409 g/mol. The molecular formula is C24H47N3O2. The van der Waals surface area contributed by atoms with Gasteiger partial charge in [0.05, 0.1) is 19.3 Å². The summed E-state index contributed by atoms with van der Waals surface area (Å²) in [6, 6.07) is 0. The van der Waals surface area contributed by atoms with E-state index in [4.69, 9.17) is 10.5 Å². The van der Waals surface area contributed by atoms with Crippen molar-refractivity contribution in [2.75, 3.05) is 18.9 Å². The lowest BCUT2D eigenvalue weighted by Crippen LogP contribution is -2.22. The molecule has 0 aliphatic carbocycles. The Labute approximate surface area is 179 Å². The maximum atomic E-state index is 9.95. The van der Waals surface area contributed by atoms with E-state index in [-0.39, 0.29) is 0 Å². The first-order chi connectivity index (χ1) is 14.2. The topological polar surface area (TPSA) is 73.3 Å². The van der Waals surface area contributed by atoms with Crippen molar-refractivity contribution in [1.82, 2.24) is 9.55 Å². The minimum absolute atomic E-state index is 0.358. The molecule has 0 aliphatic heterocycles. The van der Waals surface area contributed by atoms with Gasteiger partial charge in [-0.25, -0.2) is 4.98 Å². The molecule has 0 radical (unpaired) electrons. The van der Waals surface area contributed by atoms with Crippen molar-refractivity contribution in [1.29, 1.82) is 0 Å². The predicted octanol–water partition coefficient (Wildman–Crippen LogP) is 6.10. The van der Waals surface area contributed by atoms with E-state index in [0.29, 0.717) is 19.1 Å². The molecule has 1 rings (SSSR count). The number of aliphatic hydroxyl groups excluding tert-OH is 1. The van der Waals surface area contributed by atoms with Crippen LogP contribution in [0.1, 0.15) is 110 Å². The summed E-state index contributed by atoms with van der Waals surface area (Å²) in [6.07, 6.45) is 24.9. The van der Waals surface area contributed by atoms with Crippen LogP contribution in [0.15, 0.2) is 12.4 Å². The van der Waals surface area contributed by atoms with E-state index < -0.39 is 6.10 Å². The van der Waals surface area contributed by atoms with Crippen LogP contribution in [0, 0.1) is 0 Å². The molecule has 0 aliphatic rings. The quantitative estimate of drug-likeness (QED) is 0.240. The second-order valence-corrected chi connectivity index (χ2v) is 8.47. The fourth-order valence-electron chi connectivity index (χ4n) is 3.75. The summed E-state index contributed by atoms with van der Waals surface area (Å²) in [4.78, 5) is 3.94. The third kappa shape index (κ3) is 15.4. The number of aliphatic hydroxyl groups is 1. The number of imidazole rings is 1. The molecule has 29 heavy (non-hydrogen) atoms. The molecule has 0 fully saturated rings. The molecule has 3 N–H and O–H groups in total. The number of ether oxygens (including phenoxy) is 1. The second kappa shape index (κ2) is 18.9. The van der Waals surface area contributed by atoms with Gasteiger partial charge in [0.15, 0.2) is 5.95 Å². The van der Waals surface area contributed by atoms with Crippen LogP contribution in [0.2, 0.25) is 0 Å². The first kappa shape index (κ1) is 26.0. The third-order valence-electron chi connectivity index (χ3n) is 5.61. The van der Waals surface area contributed by atoms with Crippen molar-refractivity contribution < 1.29 is 9.84 Å². The number of nitrogens with zero attached hydrogens (tertiary/aromatic N) is 2. The number of unbranched alkanes of at least 4 members (excludes halogenated alkanes) is 15. The number of nitrogens with two attached hydrogens (primary N) is 1. The Morgan fingerprint density at radius 2 is 1.34 bits per heavy atom. The van der Waals surface area contributed by atoms with E-state index in [2.05, 4.69) is 11.9 Å². The van der Waals surface area contributed by atoms with E-state index in [1.807, 2.05) is 0 Å². The van der Waals surface area contributed by atoms with Crippen LogP contribution in [-0.2, 0) is 11.3 Å². The highest BCUT2D eigenvalue weighted by atomic mass is 16.5. The fraction of sp³-hybridized carbons (Fsp3) is 0.875. The van der Waals surface area contributed by atoms with E-state index >= 15 is 0 Å². The van der Waals surface area contributed by atoms with Crippen LogP contribution in [-0.4, -0.2) is 34.0 Å². The van der Waals surface area contributed by atoms with Gasteiger partial charge in [-0.3, -0.25) is 0 Å². The van der Waals surface area contributed by atoms with E-state index in [1.165, 1.54) is 96.3 Å². The van der Waals surface area contributed by atoms with Gasteiger partial charge in [-0.05, 0) is 6.42 Å². The molecule has 0 aromatic carbocycles. The van der Waals surface area contributed by atoms with Gasteiger partial charge in [-0.15, -0.1) is 0 Å². The second-order valence-electron chi connectivity index (χ2n) is 8.47. The van der Waals surface area contributed by atoms with Crippen molar-refractivity contribution in [3.8, 4) is 0 Å². The predicted molar refractivity (Wildman–Crippen MR) is 123 cm³/mol. The van der Waals surface area contributed by atoms with Gasteiger partial charge in [-0.1, -0.05) is 103 Å².